The van der Waals surface area contributed by atoms with E-state index in [0.717, 1.165) is 0 Å². The van der Waals surface area contributed by atoms with Crippen molar-refractivity contribution >= 4 is 28.2 Å². The Hall–Kier alpha value is -2.59. The molecule has 0 aliphatic rings. The number of hydrogen-bond acceptors (Lipinski definition) is 3. The van der Waals surface area contributed by atoms with Crippen LogP contribution >= 0.6 is 11.6 Å². The minimum absolute atomic E-state index is 0.0653. The lowest BCUT2D eigenvalue weighted by Crippen LogP contribution is -2.18. The van der Waals surface area contributed by atoms with Crippen LogP contribution in [0.2, 0.25) is 5.02 Å². The molecule has 122 valence electrons. The topological polar surface area (TPSA) is 48.3 Å². The van der Waals surface area contributed by atoms with Gasteiger partial charge in [-0.15, -0.1) is 0 Å². The van der Waals surface area contributed by atoms with Crippen molar-refractivity contribution in [3.63, 3.8) is 0 Å². The van der Waals surface area contributed by atoms with Crippen LogP contribution in [-0.2, 0) is 6.54 Å². The van der Waals surface area contributed by atoms with Crippen molar-refractivity contribution in [2.24, 2.45) is 0 Å². The number of hydrogen-bond donors (Lipinski definition) is 0. The van der Waals surface area contributed by atoms with E-state index in [1.165, 1.54) is 0 Å². The summed E-state index contributed by atoms with van der Waals surface area (Å²) in [6.07, 6.45) is 1.73. The number of fused-ring (bicyclic) bond motifs is 1. The Kier molecular flexibility index (Phi) is 4.67. The van der Waals surface area contributed by atoms with Crippen molar-refractivity contribution in [3.8, 4) is 5.75 Å². The molecule has 0 N–H and O–H groups in total. The lowest BCUT2D eigenvalue weighted by atomic mass is 10.1. The van der Waals surface area contributed by atoms with Gasteiger partial charge in [0.1, 0.15) is 5.75 Å². The number of ether oxygens (including phenoxy) is 1. The van der Waals surface area contributed by atoms with E-state index in [0.29, 0.717) is 33.7 Å². The number of aryl methyl sites for hydroxylation is 1. The third-order valence-electron chi connectivity index (χ3n) is 3.84. The lowest BCUT2D eigenvalue weighted by molar-refractivity contribution is 0.0922. The molecule has 24 heavy (non-hydrogen) atoms. The van der Waals surface area contributed by atoms with Gasteiger partial charge in [0.2, 0.25) is 0 Å². The normalized spacial score (nSPS) is 10.8. The monoisotopic (exact) mass is 341 g/mol. The fraction of sp³-hybridized carbons (Fsp3) is 0.158. The van der Waals surface area contributed by atoms with Crippen molar-refractivity contribution in [1.82, 2.24) is 4.57 Å². The molecular formula is C19H16ClNO3. The third kappa shape index (κ3) is 3.19. The third-order valence-corrected chi connectivity index (χ3v) is 4.10. The van der Waals surface area contributed by atoms with Crippen LogP contribution in [0, 0.1) is 0 Å². The number of Topliss-reactive ketones (excluding diaryl/α,β-unsaturated/α-hetero) is 1. The van der Waals surface area contributed by atoms with Gasteiger partial charge in [0, 0.05) is 28.7 Å². The minimum Gasteiger partial charge on any atom is -0.485 e. The van der Waals surface area contributed by atoms with Gasteiger partial charge in [-0.25, -0.2) is 0 Å². The van der Waals surface area contributed by atoms with Gasteiger partial charge in [0.05, 0.1) is 5.39 Å². The summed E-state index contributed by atoms with van der Waals surface area (Å²) < 4.78 is 7.29. The maximum Gasteiger partial charge on any atom is 0.258 e. The molecule has 3 aromatic rings. The fourth-order valence-electron chi connectivity index (χ4n) is 2.53. The van der Waals surface area contributed by atoms with Crippen LogP contribution in [-0.4, -0.2) is 17.0 Å². The van der Waals surface area contributed by atoms with Crippen molar-refractivity contribution < 1.29 is 9.53 Å². The molecule has 0 fully saturated rings. The first kappa shape index (κ1) is 16.3. The molecule has 0 unspecified atom stereocenters. The molecule has 3 rings (SSSR count). The Balaban J connectivity index is 1.85. The van der Waals surface area contributed by atoms with Gasteiger partial charge in [-0.2, -0.15) is 0 Å². The molecule has 0 spiro atoms. The highest BCUT2D eigenvalue weighted by atomic mass is 35.5. The maximum absolute atomic E-state index is 12.3. The van der Waals surface area contributed by atoms with E-state index in [9.17, 15) is 9.59 Å². The van der Waals surface area contributed by atoms with Crippen LogP contribution in [0.5, 0.6) is 5.75 Å². The Morgan fingerprint density at radius 3 is 2.54 bits per heavy atom. The Morgan fingerprint density at radius 1 is 1.08 bits per heavy atom. The highest BCUT2D eigenvalue weighted by molar-refractivity contribution is 6.30. The van der Waals surface area contributed by atoms with E-state index in [4.69, 9.17) is 16.3 Å². The summed E-state index contributed by atoms with van der Waals surface area (Å²) in [4.78, 5) is 24.5. The number of rotatable bonds is 5. The predicted molar refractivity (Wildman–Crippen MR) is 95.2 cm³/mol. The highest BCUT2D eigenvalue weighted by Crippen LogP contribution is 2.23. The van der Waals surface area contributed by atoms with Crippen molar-refractivity contribution in [2.75, 3.05) is 6.61 Å². The van der Waals surface area contributed by atoms with E-state index in [-0.39, 0.29) is 17.9 Å². The fourth-order valence-corrected chi connectivity index (χ4v) is 2.65. The quantitative estimate of drug-likeness (QED) is 0.660. The van der Waals surface area contributed by atoms with E-state index < -0.39 is 0 Å². The summed E-state index contributed by atoms with van der Waals surface area (Å²) in [6, 6.07) is 13.8. The number of benzene rings is 2. The second-order valence-corrected chi connectivity index (χ2v) is 5.78. The smallest absolute Gasteiger partial charge is 0.258 e. The summed E-state index contributed by atoms with van der Waals surface area (Å²) in [5, 5.41) is 1.86. The summed E-state index contributed by atoms with van der Waals surface area (Å²) >= 11 is 5.82. The van der Waals surface area contributed by atoms with Crippen molar-refractivity contribution in [3.05, 3.63) is 75.7 Å². The van der Waals surface area contributed by atoms with Gasteiger partial charge in [-0.1, -0.05) is 17.7 Å². The lowest BCUT2D eigenvalue weighted by Gasteiger charge is -2.10. The molecule has 5 heteroatoms. The predicted octanol–water partition coefficient (Wildman–Crippen LogP) is 3.94. The largest absolute Gasteiger partial charge is 0.485 e. The van der Waals surface area contributed by atoms with Crippen LogP contribution < -0.4 is 10.3 Å². The van der Waals surface area contributed by atoms with Gasteiger partial charge in [0.15, 0.2) is 12.4 Å². The second kappa shape index (κ2) is 6.89. The first-order valence-electron chi connectivity index (χ1n) is 7.64. The molecular weight excluding hydrogens is 326 g/mol. The van der Waals surface area contributed by atoms with Gasteiger partial charge in [-0.05, 0) is 49.4 Å². The first-order chi connectivity index (χ1) is 11.6. The number of aromatic nitrogens is 1. The highest BCUT2D eigenvalue weighted by Gasteiger charge is 2.10. The molecule has 1 heterocycles. The molecule has 0 radical (unpaired) electrons. The van der Waals surface area contributed by atoms with Gasteiger partial charge in [-0.3, -0.25) is 9.59 Å². The average Bonchev–Trinajstić information content (AvgIpc) is 2.61. The molecule has 0 saturated heterocycles. The zero-order chi connectivity index (χ0) is 17.1. The maximum atomic E-state index is 12.3. The number of ketones is 1. The minimum atomic E-state index is -0.148. The summed E-state index contributed by atoms with van der Waals surface area (Å²) in [5.41, 5.74) is 0.470. The zero-order valence-corrected chi connectivity index (χ0v) is 13.9. The molecule has 1 aromatic heterocycles. The van der Waals surface area contributed by atoms with Crippen LogP contribution in [0.15, 0.2) is 59.5 Å². The second-order valence-electron chi connectivity index (χ2n) is 5.34. The summed E-state index contributed by atoms with van der Waals surface area (Å²) in [6.45, 7) is 2.42. The van der Waals surface area contributed by atoms with Crippen molar-refractivity contribution in [2.45, 2.75) is 13.5 Å². The Morgan fingerprint density at radius 2 is 1.83 bits per heavy atom. The van der Waals surface area contributed by atoms with Crippen LogP contribution in [0.3, 0.4) is 0 Å². The van der Waals surface area contributed by atoms with Crippen LogP contribution in [0.25, 0.3) is 10.8 Å². The molecule has 4 nitrogen and oxygen atoms in total. The first-order valence-corrected chi connectivity index (χ1v) is 8.01. The molecule has 2 aromatic carbocycles. The number of nitrogens with zero attached hydrogens (tertiary/aromatic N) is 1. The Bertz CT molecular complexity index is 945. The average molecular weight is 342 g/mol. The van der Waals surface area contributed by atoms with E-state index >= 15 is 0 Å². The number of pyridine rings is 1. The number of halogens is 1. The molecule has 0 aliphatic carbocycles. The number of carbonyl (C=O) groups excluding carboxylic acids is 1. The number of carbonyl (C=O) groups is 1. The van der Waals surface area contributed by atoms with Crippen LogP contribution in [0.4, 0.5) is 0 Å². The molecule has 0 amide bonds. The van der Waals surface area contributed by atoms with E-state index in [1.54, 1.807) is 53.2 Å². The van der Waals surface area contributed by atoms with Gasteiger partial charge in [0.25, 0.3) is 5.56 Å². The van der Waals surface area contributed by atoms with Gasteiger partial charge < -0.3 is 9.30 Å². The molecule has 0 saturated carbocycles. The van der Waals surface area contributed by atoms with Gasteiger partial charge >= 0.3 is 0 Å². The van der Waals surface area contributed by atoms with Crippen molar-refractivity contribution in [1.29, 1.82) is 0 Å². The Labute approximate surface area is 144 Å². The van der Waals surface area contributed by atoms with Crippen LogP contribution in [0.1, 0.15) is 17.3 Å². The summed E-state index contributed by atoms with van der Waals surface area (Å²) in [5.74, 6) is 0.376. The van der Waals surface area contributed by atoms with E-state index in [2.05, 4.69) is 0 Å². The standard InChI is InChI=1S/C19H16ClNO3/c1-2-21-11-10-15-16(19(21)23)4-3-5-18(15)24-12-17(22)13-6-8-14(20)9-7-13/h3-11H,2,12H2,1H3. The molecule has 0 atom stereocenters. The molecule has 0 bridgehead atoms. The van der Waals surface area contributed by atoms with E-state index in [1.807, 2.05) is 13.0 Å². The SMILES string of the molecule is CCn1ccc2c(OCC(=O)c3ccc(Cl)cc3)cccc2c1=O. The summed E-state index contributed by atoms with van der Waals surface area (Å²) in [7, 11) is 0. The molecule has 0 aliphatic heterocycles. The zero-order valence-electron chi connectivity index (χ0n) is 13.2.